The van der Waals surface area contributed by atoms with Crippen molar-refractivity contribution >= 4 is 37.5 Å². The molecule has 0 bridgehead atoms. The number of anilines is 1. The van der Waals surface area contributed by atoms with Gasteiger partial charge in [-0.15, -0.1) is 0 Å². The molecule has 0 saturated carbocycles. The first-order valence-electron chi connectivity index (χ1n) is 8.82. The third-order valence-electron chi connectivity index (χ3n) is 4.60. The fraction of sp³-hybridized carbons (Fsp3) is 0.316. The highest BCUT2D eigenvalue weighted by Crippen LogP contribution is 2.28. The normalized spacial score (nSPS) is 14.8. The molecule has 2 aromatic carbocycles. The molecule has 28 heavy (non-hydrogen) atoms. The number of carbonyl (C=O) groups is 1. The molecule has 9 heteroatoms. The van der Waals surface area contributed by atoms with Gasteiger partial charge in [0.15, 0.2) is 0 Å². The Morgan fingerprint density at radius 2 is 1.71 bits per heavy atom. The van der Waals surface area contributed by atoms with Crippen molar-refractivity contribution in [2.24, 2.45) is 0 Å². The van der Waals surface area contributed by atoms with Gasteiger partial charge in [-0.05, 0) is 36.4 Å². The fourth-order valence-corrected chi connectivity index (χ4v) is 4.29. The van der Waals surface area contributed by atoms with Crippen LogP contribution in [0.3, 0.4) is 0 Å². The molecule has 7 nitrogen and oxygen atoms in total. The van der Waals surface area contributed by atoms with Gasteiger partial charge in [0.05, 0.1) is 24.2 Å². The van der Waals surface area contributed by atoms with E-state index >= 15 is 0 Å². The molecule has 2 aromatic rings. The number of carbonyl (C=O) groups excluding carboxylic acids is 1. The molecule has 3 rings (SSSR count). The van der Waals surface area contributed by atoms with E-state index in [4.69, 9.17) is 4.74 Å². The monoisotopic (exact) mass is 467 g/mol. The number of amides is 1. The quantitative estimate of drug-likeness (QED) is 0.703. The number of methoxy groups -OCH3 is 1. The number of piperazine rings is 1. The standard InChI is InChI=1S/C19H22BrN3O4S/c1-27-18-5-3-2-4-17(18)22-10-12-23(13-11-22)19(24)14-21-28(25,26)16-8-6-15(20)7-9-16/h2-9,21H,10-14H2,1H3. The van der Waals surface area contributed by atoms with Gasteiger partial charge in [-0.3, -0.25) is 4.79 Å². The van der Waals surface area contributed by atoms with Crippen LogP contribution in [-0.4, -0.2) is 59.1 Å². The highest BCUT2D eigenvalue weighted by Gasteiger charge is 2.24. The van der Waals surface area contributed by atoms with E-state index in [-0.39, 0.29) is 17.3 Å². The van der Waals surface area contributed by atoms with Crippen LogP contribution < -0.4 is 14.4 Å². The first-order valence-corrected chi connectivity index (χ1v) is 11.1. The number of rotatable bonds is 6. The molecule has 0 aromatic heterocycles. The summed E-state index contributed by atoms with van der Waals surface area (Å²) in [6.45, 7) is 2.11. The Bertz CT molecular complexity index is 926. The van der Waals surface area contributed by atoms with Crippen LogP contribution in [-0.2, 0) is 14.8 Å². The minimum atomic E-state index is -3.72. The predicted molar refractivity (Wildman–Crippen MR) is 111 cm³/mol. The van der Waals surface area contributed by atoms with Crippen molar-refractivity contribution in [3.8, 4) is 5.75 Å². The molecule has 1 heterocycles. The molecular weight excluding hydrogens is 446 g/mol. The van der Waals surface area contributed by atoms with Gasteiger partial charge in [-0.2, -0.15) is 0 Å². The number of halogens is 1. The van der Waals surface area contributed by atoms with Crippen molar-refractivity contribution in [3.63, 3.8) is 0 Å². The molecular formula is C19H22BrN3O4S. The van der Waals surface area contributed by atoms with Crippen LogP contribution in [0.15, 0.2) is 57.9 Å². The van der Waals surface area contributed by atoms with Crippen LogP contribution in [0.2, 0.25) is 0 Å². The predicted octanol–water partition coefficient (Wildman–Crippen LogP) is 2.08. The van der Waals surface area contributed by atoms with Crippen LogP contribution in [0, 0.1) is 0 Å². The molecule has 1 aliphatic heterocycles. The lowest BCUT2D eigenvalue weighted by Gasteiger charge is -2.36. The van der Waals surface area contributed by atoms with Crippen molar-refractivity contribution in [3.05, 3.63) is 53.0 Å². The summed E-state index contributed by atoms with van der Waals surface area (Å²) in [7, 11) is -2.08. The van der Waals surface area contributed by atoms with Gasteiger partial charge in [0, 0.05) is 30.7 Å². The van der Waals surface area contributed by atoms with Crippen molar-refractivity contribution in [1.29, 1.82) is 0 Å². The van der Waals surface area contributed by atoms with Crippen molar-refractivity contribution < 1.29 is 17.9 Å². The highest BCUT2D eigenvalue weighted by molar-refractivity contribution is 9.10. The topological polar surface area (TPSA) is 79.0 Å². The summed E-state index contributed by atoms with van der Waals surface area (Å²) in [6.07, 6.45) is 0. The summed E-state index contributed by atoms with van der Waals surface area (Å²) in [5.41, 5.74) is 0.994. The molecule has 1 saturated heterocycles. The van der Waals surface area contributed by atoms with Gasteiger partial charge in [-0.1, -0.05) is 28.1 Å². The van der Waals surface area contributed by atoms with E-state index in [1.54, 1.807) is 24.1 Å². The number of hydrogen-bond donors (Lipinski definition) is 1. The van der Waals surface area contributed by atoms with E-state index in [2.05, 4.69) is 25.6 Å². The third kappa shape index (κ3) is 4.84. The summed E-state index contributed by atoms with van der Waals surface area (Å²) in [4.78, 5) is 16.4. The van der Waals surface area contributed by atoms with Crippen LogP contribution in [0.1, 0.15) is 0 Å². The second-order valence-corrected chi connectivity index (χ2v) is 9.00. The van der Waals surface area contributed by atoms with Gasteiger partial charge in [0.25, 0.3) is 0 Å². The lowest BCUT2D eigenvalue weighted by atomic mass is 10.2. The van der Waals surface area contributed by atoms with E-state index in [1.807, 2.05) is 24.3 Å². The van der Waals surface area contributed by atoms with Crippen molar-refractivity contribution in [1.82, 2.24) is 9.62 Å². The first kappa shape index (κ1) is 20.6. The maximum Gasteiger partial charge on any atom is 0.241 e. The minimum Gasteiger partial charge on any atom is -0.495 e. The second kappa shape index (κ2) is 8.93. The van der Waals surface area contributed by atoms with Crippen LogP contribution in [0.5, 0.6) is 5.75 Å². The Balaban J connectivity index is 1.55. The third-order valence-corrected chi connectivity index (χ3v) is 6.54. The Morgan fingerprint density at radius 3 is 2.36 bits per heavy atom. The summed E-state index contributed by atoms with van der Waals surface area (Å²) in [5.74, 6) is 0.560. The maximum absolute atomic E-state index is 12.4. The second-order valence-electron chi connectivity index (χ2n) is 6.32. The number of para-hydroxylation sites is 2. The van der Waals surface area contributed by atoms with E-state index in [9.17, 15) is 13.2 Å². The molecule has 0 radical (unpaired) electrons. The molecule has 0 atom stereocenters. The summed E-state index contributed by atoms with van der Waals surface area (Å²) in [5, 5.41) is 0. The summed E-state index contributed by atoms with van der Waals surface area (Å²) >= 11 is 3.27. The van der Waals surface area contributed by atoms with Crippen LogP contribution in [0.4, 0.5) is 5.69 Å². The van der Waals surface area contributed by atoms with Gasteiger partial charge < -0.3 is 14.5 Å². The maximum atomic E-state index is 12.4. The van der Waals surface area contributed by atoms with Gasteiger partial charge in [0.1, 0.15) is 5.75 Å². The van der Waals surface area contributed by atoms with Crippen molar-refractivity contribution in [2.75, 3.05) is 44.7 Å². The molecule has 0 spiro atoms. The molecule has 1 N–H and O–H groups in total. The SMILES string of the molecule is COc1ccccc1N1CCN(C(=O)CNS(=O)(=O)c2ccc(Br)cc2)CC1. The Hall–Kier alpha value is -2.10. The Kier molecular flexibility index (Phi) is 6.58. The molecule has 1 aliphatic rings. The molecule has 1 fully saturated rings. The first-order chi connectivity index (χ1) is 13.4. The zero-order valence-electron chi connectivity index (χ0n) is 15.5. The number of nitrogens with zero attached hydrogens (tertiary/aromatic N) is 2. The number of hydrogen-bond acceptors (Lipinski definition) is 5. The van der Waals surface area contributed by atoms with E-state index in [0.29, 0.717) is 26.2 Å². The fourth-order valence-electron chi connectivity index (χ4n) is 3.05. The van der Waals surface area contributed by atoms with Crippen LogP contribution >= 0.6 is 15.9 Å². The summed E-state index contributed by atoms with van der Waals surface area (Å²) in [6, 6.07) is 14.0. The highest BCUT2D eigenvalue weighted by atomic mass is 79.9. The number of ether oxygens (including phenoxy) is 1. The molecule has 0 aliphatic carbocycles. The van der Waals surface area contributed by atoms with Crippen molar-refractivity contribution in [2.45, 2.75) is 4.90 Å². The molecule has 150 valence electrons. The number of sulfonamides is 1. The average molecular weight is 468 g/mol. The molecule has 0 unspecified atom stereocenters. The smallest absolute Gasteiger partial charge is 0.241 e. The summed E-state index contributed by atoms with van der Waals surface area (Å²) < 4.78 is 33.2. The van der Waals surface area contributed by atoms with E-state index in [1.165, 1.54) is 12.1 Å². The number of nitrogens with one attached hydrogen (secondary N) is 1. The largest absolute Gasteiger partial charge is 0.495 e. The lowest BCUT2D eigenvalue weighted by Crippen LogP contribution is -2.51. The van der Waals surface area contributed by atoms with E-state index < -0.39 is 10.0 Å². The van der Waals surface area contributed by atoms with Gasteiger partial charge in [0.2, 0.25) is 15.9 Å². The Labute approximate surface area is 173 Å². The molecule has 1 amide bonds. The lowest BCUT2D eigenvalue weighted by molar-refractivity contribution is -0.130. The Morgan fingerprint density at radius 1 is 1.07 bits per heavy atom. The average Bonchev–Trinajstić information content (AvgIpc) is 2.72. The van der Waals surface area contributed by atoms with Gasteiger partial charge in [-0.25, -0.2) is 13.1 Å². The number of benzene rings is 2. The zero-order valence-corrected chi connectivity index (χ0v) is 17.9. The van der Waals surface area contributed by atoms with Crippen LogP contribution in [0.25, 0.3) is 0 Å². The van der Waals surface area contributed by atoms with E-state index in [0.717, 1.165) is 15.9 Å². The minimum absolute atomic E-state index is 0.129. The van der Waals surface area contributed by atoms with Gasteiger partial charge >= 0.3 is 0 Å². The zero-order chi connectivity index (χ0) is 20.1.